The largest absolute Gasteiger partial charge is 0.478 e. The summed E-state index contributed by atoms with van der Waals surface area (Å²) in [4.78, 5) is 37.3. The summed E-state index contributed by atoms with van der Waals surface area (Å²) in [5.74, 6) is 0.788. The van der Waals surface area contributed by atoms with E-state index in [1.165, 1.54) is 12.8 Å². The van der Waals surface area contributed by atoms with Crippen LogP contribution in [0.1, 0.15) is 35.2 Å². The maximum absolute atomic E-state index is 12.5. The van der Waals surface area contributed by atoms with Crippen molar-refractivity contribution in [3.05, 3.63) is 35.4 Å². The smallest absolute Gasteiger partial charge is 0.335 e. The summed E-state index contributed by atoms with van der Waals surface area (Å²) in [6, 6.07) is 6.18. The third-order valence-electron chi connectivity index (χ3n) is 4.60. The van der Waals surface area contributed by atoms with Crippen molar-refractivity contribution >= 4 is 29.5 Å². The van der Waals surface area contributed by atoms with Gasteiger partial charge in [0.05, 0.1) is 11.4 Å². The number of hydrogen-bond donors (Lipinski definition) is 2. The number of aromatic carboxylic acids is 1. The standard InChI is InChI=1S/C18H22N2O4S/c21-16(8-5-12-3-6-14(7-4-12)18(23)24)20-11-25-10-15(20)17(22)19-9-13-1-2-13/h3-4,6-7,13,15H,1-2,5,8-11H2,(H,19,22)(H,23,24). The van der Waals surface area contributed by atoms with Crippen LogP contribution in [0.4, 0.5) is 0 Å². The predicted octanol–water partition coefficient (Wildman–Crippen LogP) is 1.75. The van der Waals surface area contributed by atoms with Crippen LogP contribution in [0, 0.1) is 5.92 Å². The molecule has 1 saturated carbocycles. The zero-order valence-electron chi connectivity index (χ0n) is 13.9. The summed E-state index contributed by atoms with van der Waals surface area (Å²) in [6.07, 6.45) is 3.22. The Morgan fingerprint density at radius 2 is 1.92 bits per heavy atom. The molecule has 2 N–H and O–H groups in total. The topological polar surface area (TPSA) is 86.7 Å². The van der Waals surface area contributed by atoms with Crippen LogP contribution in [0.2, 0.25) is 0 Å². The van der Waals surface area contributed by atoms with Crippen molar-refractivity contribution in [1.82, 2.24) is 10.2 Å². The van der Waals surface area contributed by atoms with E-state index < -0.39 is 5.97 Å². The van der Waals surface area contributed by atoms with Crippen LogP contribution >= 0.6 is 11.8 Å². The van der Waals surface area contributed by atoms with Gasteiger partial charge in [0.15, 0.2) is 0 Å². The Bertz CT molecular complexity index is 658. The first-order valence-corrected chi connectivity index (χ1v) is 9.67. The van der Waals surface area contributed by atoms with Crippen LogP contribution in [-0.2, 0) is 16.0 Å². The molecular formula is C18H22N2O4S. The lowest BCUT2D eigenvalue weighted by Crippen LogP contribution is -2.47. The minimum atomic E-state index is -0.961. The summed E-state index contributed by atoms with van der Waals surface area (Å²) in [6.45, 7) is 0.720. The Morgan fingerprint density at radius 3 is 2.56 bits per heavy atom. The number of nitrogens with zero attached hydrogens (tertiary/aromatic N) is 1. The Hall–Kier alpha value is -2.02. The Morgan fingerprint density at radius 1 is 1.20 bits per heavy atom. The fourth-order valence-electron chi connectivity index (χ4n) is 2.80. The number of benzene rings is 1. The molecule has 2 fully saturated rings. The van der Waals surface area contributed by atoms with Gasteiger partial charge in [0, 0.05) is 18.7 Å². The number of rotatable bonds is 7. The first-order valence-electron chi connectivity index (χ1n) is 8.52. The highest BCUT2D eigenvalue weighted by Crippen LogP contribution is 2.28. The summed E-state index contributed by atoms with van der Waals surface area (Å²) in [5, 5.41) is 11.9. The molecule has 2 aliphatic rings. The van der Waals surface area contributed by atoms with Gasteiger partial charge in [0.2, 0.25) is 11.8 Å². The third kappa shape index (κ3) is 4.75. The van der Waals surface area contributed by atoms with Crippen LogP contribution in [0.25, 0.3) is 0 Å². The maximum atomic E-state index is 12.5. The zero-order valence-corrected chi connectivity index (χ0v) is 14.8. The second-order valence-electron chi connectivity index (χ2n) is 6.57. The lowest BCUT2D eigenvalue weighted by atomic mass is 10.1. The summed E-state index contributed by atoms with van der Waals surface area (Å²) in [5.41, 5.74) is 1.15. The van der Waals surface area contributed by atoms with E-state index in [2.05, 4.69) is 5.32 Å². The van der Waals surface area contributed by atoms with Gasteiger partial charge in [-0.15, -0.1) is 11.8 Å². The van der Waals surface area contributed by atoms with E-state index in [1.54, 1.807) is 40.9 Å². The van der Waals surface area contributed by atoms with Crippen LogP contribution in [0.15, 0.2) is 24.3 Å². The van der Waals surface area contributed by atoms with Crippen molar-refractivity contribution in [3.8, 4) is 0 Å². The van der Waals surface area contributed by atoms with Gasteiger partial charge in [0.25, 0.3) is 0 Å². The summed E-state index contributed by atoms with van der Waals surface area (Å²) >= 11 is 1.60. The molecule has 0 radical (unpaired) electrons. The molecule has 1 heterocycles. The molecule has 1 aromatic carbocycles. The lowest BCUT2D eigenvalue weighted by molar-refractivity contribution is -0.138. The SMILES string of the molecule is O=C(O)c1ccc(CCC(=O)N2CSCC2C(=O)NCC2CC2)cc1. The average molecular weight is 362 g/mol. The average Bonchev–Trinajstić information content (AvgIpc) is 3.31. The maximum Gasteiger partial charge on any atom is 0.335 e. The molecule has 1 atom stereocenters. The number of carbonyl (C=O) groups is 3. The Labute approximate surface area is 151 Å². The van der Waals surface area contributed by atoms with Crippen LogP contribution in [-0.4, -0.2) is 52.0 Å². The highest BCUT2D eigenvalue weighted by molar-refractivity contribution is 7.99. The summed E-state index contributed by atoms with van der Waals surface area (Å²) < 4.78 is 0. The third-order valence-corrected chi connectivity index (χ3v) is 5.61. The molecule has 1 unspecified atom stereocenters. The molecule has 0 aromatic heterocycles. The highest BCUT2D eigenvalue weighted by Gasteiger charge is 2.34. The molecule has 1 aliphatic carbocycles. The molecule has 134 valence electrons. The normalized spacial score (nSPS) is 19.7. The van der Waals surface area contributed by atoms with Crippen molar-refractivity contribution in [2.24, 2.45) is 5.92 Å². The van der Waals surface area contributed by atoms with Gasteiger partial charge in [-0.05, 0) is 42.9 Å². The first-order chi connectivity index (χ1) is 12.0. The zero-order chi connectivity index (χ0) is 17.8. The van der Waals surface area contributed by atoms with Gasteiger partial charge in [-0.3, -0.25) is 9.59 Å². The fourth-order valence-corrected chi connectivity index (χ4v) is 3.98. The molecule has 3 rings (SSSR count). The molecule has 7 heteroatoms. The molecule has 25 heavy (non-hydrogen) atoms. The minimum absolute atomic E-state index is 0.0288. The van der Waals surface area contributed by atoms with Crippen molar-refractivity contribution in [1.29, 1.82) is 0 Å². The Balaban J connectivity index is 1.50. The number of thioether (sulfide) groups is 1. The molecule has 1 aromatic rings. The molecule has 0 bridgehead atoms. The second-order valence-corrected chi connectivity index (χ2v) is 7.57. The number of nitrogens with one attached hydrogen (secondary N) is 1. The number of amides is 2. The van der Waals surface area contributed by atoms with E-state index in [4.69, 9.17) is 5.11 Å². The van der Waals surface area contributed by atoms with Crippen LogP contribution in [0.3, 0.4) is 0 Å². The number of carboxylic acid groups (broad SMARTS) is 1. The van der Waals surface area contributed by atoms with E-state index in [1.807, 2.05) is 0 Å². The lowest BCUT2D eigenvalue weighted by Gasteiger charge is -2.23. The van der Waals surface area contributed by atoms with E-state index in [9.17, 15) is 14.4 Å². The first kappa shape index (κ1) is 17.8. The van der Waals surface area contributed by atoms with Crippen molar-refractivity contribution < 1.29 is 19.5 Å². The van der Waals surface area contributed by atoms with Crippen molar-refractivity contribution in [2.45, 2.75) is 31.7 Å². The van der Waals surface area contributed by atoms with E-state index >= 15 is 0 Å². The van der Waals surface area contributed by atoms with Gasteiger partial charge < -0.3 is 15.3 Å². The number of carboxylic acids is 1. The van der Waals surface area contributed by atoms with Gasteiger partial charge in [-0.2, -0.15) is 0 Å². The molecule has 6 nitrogen and oxygen atoms in total. The highest BCUT2D eigenvalue weighted by atomic mass is 32.2. The second kappa shape index (κ2) is 7.91. The molecule has 1 aliphatic heterocycles. The minimum Gasteiger partial charge on any atom is -0.478 e. The predicted molar refractivity (Wildman–Crippen MR) is 95.4 cm³/mol. The van der Waals surface area contributed by atoms with Gasteiger partial charge in [-0.25, -0.2) is 4.79 Å². The van der Waals surface area contributed by atoms with Gasteiger partial charge in [0.1, 0.15) is 6.04 Å². The fraction of sp³-hybridized carbons (Fsp3) is 0.500. The number of carbonyl (C=O) groups excluding carboxylic acids is 2. The van der Waals surface area contributed by atoms with Gasteiger partial charge >= 0.3 is 5.97 Å². The number of hydrogen-bond acceptors (Lipinski definition) is 4. The molecule has 0 spiro atoms. The number of aryl methyl sites for hydroxylation is 1. The molecule has 2 amide bonds. The van der Waals surface area contributed by atoms with E-state index in [0.717, 1.165) is 12.1 Å². The monoisotopic (exact) mass is 362 g/mol. The quantitative estimate of drug-likeness (QED) is 0.772. The van der Waals surface area contributed by atoms with Crippen LogP contribution < -0.4 is 5.32 Å². The van der Waals surface area contributed by atoms with Crippen molar-refractivity contribution in [2.75, 3.05) is 18.2 Å². The van der Waals surface area contributed by atoms with Crippen molar-refractivity contribution in [3.63, 3.8) is 0 Å². The Kier molecular flexibility index (Phi) is 5.63. The van der Waals surface area contributed by atoms with Crippen LogP contribution in [0.5, 0.6) is 0 Å². The van der Waals surface area contributed by atoms with Gasteiger partial charge in [-0.1, -0.05) is 12.1 Å². The summed E-state index contributed by atoms with van der Waals surface area (Å²) in [7, 11) is 0. The molecule has 1 saturated heterocycles. The molecular weight excluding hydrogens is 340 g/mol. The van der Waals surface area contributed by atoms with E-state index in [-0.39, 0.29) is 23.4 Å². The van der Waals surface area contributed by atoms with E-state index in [0.29, 0.717) is 30.4 Å².